The molecule has 0 spiro atoms. The second kappa shape index (κ2) is 5.27. The number of aliphatic hydroxyl groups is 1. The van der Waals surface area contributed by atoms with Crippen molar-refractivity contribution >= 4 is 10.9 Å². The zero-order valence-electron chi connectivity index (χ0n) is 11.3. The first-order valence-corrected chi connectivity index (χ1v) is 6.98. The molecule has 3 heteroatoms. The number of nitrogens with zero attached hydrogens (tertiary/aromatic N) is 2. The molecule has 0 aliphatic carbocycles. The van der Waals surface area contributed by atoms with Crippen LogP contribution in [0.3, 0.4) is 0 Å². The molecule has 100 valence electrons. The summed E-state index contributed by atoms with van der Waals surface area (Å²) in [5.41, 5.74) is 3.45. The van der Waals surface area contributed by atoms with E-state index in [1.807, 2.05) is 13.0 Å². The van der Waals surface area contributed by atoms with E-state index in [-0.39, 0.29) is 6.61 Å². The quantitative estimate of drug-likeness (QED) is 0.916. The summed E-state index contributed by atoms with van der Waals surface area (Å²) in [6.45, 7) is 4.31. The first-order chi connectivity index (χ1) is 9.28. The highest BCUT2D eigenvalue weighted by atomic mass is 16.3. The molecular weight excluding hydrogens is 236 g/mol. The van der Waals surface area contributed by atoms with Gasteiger partial charge >= 0.3 is 0 Å². The van der Waals surface area contributed by atoms with Crippen molar-refractivity contribution in [2.75, 3.05) is 13.2 Å². The first-order valence-electron chi connectivity index (χ1n) is 6.98. The van der Waals surface area contributed by atoms with E-state index in [2.05, 4.69) is 34.1 Å². The summed E-state index contributed by atoms with van der Waals surface area (Å²) in [6.07, 6.45) is 2.30. The Morgan fingerprint density at radius 2 is 2.21 bits per heavy atom. The van der Waals surface area contributed by atoms with Gasteiger partial charge in [0.15, 0.2) is 0 Å². The normalized spacial score (nSPS) is 20.2. The van der Waals surface area contributed by atoms with Crippen molar-refractivity contribution in [3.8, 4) is 0 Å². The van der Waals surface area contributed by atoms with E-state index in [1.54, 1.807) is 0 Å². The Kier molecular flexibility index (Phi) is 3.49. The van der Waals surface area contributed by atoms with Crippen molar-refractivity contribution in [3.63, 3.8) is 0 Å². The van der Waals surface area contributed by atoms with E-state index in [1.165, 1.54) is 17.4 Å². The monoisotopic (exact) mass is 256 g/mol. The molecule has 2 heterocycles. The summed E-state index contributed by atoms with van der Waals surface area (Å²) in [5.74, 6) is 0. The third-order valence-corrected chi connectivity index (χ3v) is 4.01. The van der Waals surface area contributed by atoms with Crippen molar-refractivity contribution in [2.24, 2.45) is 0 Å². The molecule has 1 N–H and O–H groups in total. The Bertz CT molecular complexity index is 582. The molecule has 19 heavy (non-hydrogen) atoms. The third kappa shape index (κ3) is 2.48. The summed E-state index contributed by atoms with van der Waals surface area (Å²) in [7, 11) is 0. The lowest BCUT2D eigenvalue weighted by atomic mass is 10.1. The molecule has 1 aromatic heterocycles. The van der Waals surface area contributed by atoms with Gasteiger partial charge in [0.1, 0.15) is 0 Å². The highest BCUT2D eigenvalue weighted by Gasteiger charge is 2.24. The van der Waals surface area contributed by atoms with Crippen LogP contribution in [-0.2, 0) is 6.54 Å². The molecule has 0 saturated carbocycles. The highest BCUT2D eigenvalue weighted by molar-refractivity contribution is 5.82. The van der Waals surface area contributed by atoms with Crippen LogP contribution in [0.25, 0.3) is 10.9 Å². The molecule has 2 aromatic rings. The van der Waals surface area contributed by atoms with Crippen LogP contribution in [0.5, 0.6) is 0 Å². The summed E-state index contributed by atoms with van der Waals surface area (Å²) in [6, 6.07) is 10.8. The fourth-order valence-corrected chi connectivity index (χ4v) is 3.05. The maximum Gasteiger partial charge on any atom is 0.0708 e. The number of rotatable bonds is 3. The van der Waals surface area contributed by atoms with Gasteiger partial charge in [0, 0.05) is 23.7 Å². The topological polar surface area (TPSA) is 36.4 Å². The van der Waals surface area contributed by atoms with E-state index >= 15 is 0 Å². The number of likely N-dealkylation sites (tertiary alicyclic amines) is 1. The molecule has 3 rings (SSSR count). The van der Waals surface area contributed by atoms with Gasteiger partial charge in [-0.15, -0.1) is 0 Å². The second-order valence-electron chi connectivity index (χ2n) is 5.39. The van der Waals surface area contributed by atoms with Crippen LogP contribution < -0.4 is 0 Å². The Balaban J connectivity index is 1.96. The Labute approximate surface area is 113 Å². The molecule has 1 aromatic carbocycles. The average Bonchev–Trinajstić information content (AvgIpc) is 2.86. The van der Waals surface area contributed by atoms with E-state index in [0.29, 0.717) is 6.04 Å². The molecule has 1 atom stereocenters. The van der Waals surface area contributed by atoms with Crippen LogP contribution >= 0.6 is 0 Å². The van der Waals surface area contributed by atoms with Gasteiger partial charge in [-0.25, -0.2) is 0 Å². The summed E-state index contributed by atoms with van der Waals surface area (Å²) < 4.78 is 0. The van der Waals surface area contributed by atoms with Crippen LogP contribution in [0.1, 0.15) is 24.1 Å². The predicted molar refractivity (Wildman–Crippen MR) is 77.0 cm³/mol. The fraction of sp³-hybridized carbons (Fsp3) is 0.438. The molecular formula is C16H20N2O. The van der Waals surface area contributed by atoms with Crippen LogP contribution in [0, 0.1) is 6.92 Å². The lowest BCUT2D eigenvalue weighted by Gasteiger charge is -2.23. The van der Waals surface area contributed by atoms with Gasteiger partial charge in [0.05, 0.1) is 12.1 Å². The molecule has 1 aliphatic rings. The van der Waals surface area contributed by atoms with E-state index < -0.39 is 0 Å². The number of fused-ring (bicyclic) bond motifs is 1. The lowest BCUT2D eigenvalue weighted by molar-refractivity contribution is 0.154. The van der Waals surface area contributed by atoms with Gasteiger partial charge in [-0.1, -0.05) is 18.2 Å². The fourth-order valence-electron chi connectivity index (χ4n) is 3.05. The van der Waals surface area contributed by atoms with Crippen molar-refractivity contribution in [1.82, 2.24) is 9.88 Å². The highest BCUT2D eigenvalue weighted by Crippen LogP contribution is 2.24. The molecule has 0 amide bonds. The minimum absolute atomic E-state index is 0.266. The van der Waals surface area contributed by atoms with Crippen LogP contribution in [0.4, 0.5) is 0 Å². The number of pyridine rings is 1. The van der Waals surface area contributed by atoms with E-state index in [4.69, 9.17) is 0 Å². The first kappa shape index (κ1) is 12.6. The maximum absolute atomic E-state index is 9.43. The van der Waals surface area contributed by atoms with Crippen LogP contribution in [-0.4, -0.2) is 34.2 Å². The number of aliphatic hydroxyl groups excluding tert-OH is 1. The third-order valence-electron chi connectivity index (χ3n) is 4.01. The van der Waals surface area contributed by atoms with E-state index in [9.17, 15) is 5.11 Å². The number of aromatic nitrogens is 1. The van der Waals surface area contributed by atoms with Gasteiger partial charge < -0.3 is 5.11 Å². The van der Waals surface area contributed by atoms with Crippen LogP contribution in [0.15, 0.2) is 30.3 Å². The molecule has 1 saturated heterocycles. The number of benzene rings is 1. The minimum atomic E-state index is 0.266. The van der Waals surface area contributed by atoms with Crippen LogP contribution in [0.2, 0.25) is 0 Å². The number of para-hydroxylation sites is 1. The van der Waals surface area contributed by atoms with Crippen molar-refractivity contribution in [1.29, 1.82) is 0 Å². The number of hydrogen-bond acceptors (Lipinski definition) is 3. The standard InChI is InChI=1S/C16H20N2O/c1-12-9-13(10-18-8-4-5-14(18)11-19)15-6-2-3-7-16(15)17-12/h2-3,6-7,9,14,19H,4-5,8,10-11H2,1H3/t14-/m0/s1. The zero-order chi connectivity index (χ0) is 13.2. The van der Waals surface area contributed by atoms with Crippen molar-refractivity contribution in [2.45, 2.75) is 32.4 Å². The molecule has 1 aliphatic heterocycles. The Morgan fingerprint density at radius 3 is 3.05 bits per heavy atom. The van der Waals surface area contributed by atoms with Gasteiger partial charge in [-0.2, -0.15) is 0 Å². The lowest BCUT2D eigenvalue weighted by Crippen LogP contribution is -2.31. The minimum Gasteiger partial charge on any atom is -0.395 e. The smallest absolute Gasteiger partial charge is 0.0708 e. The molecule has 0 unspecified atom stereocenters. The predicted octanol–water partition coefficient (Wildman–Crippen LogP) is 2.50. The SMILES string of the molecule is Cc1cc(CN2CCC[C@H]2CO)c2ccccc2n1. The average molecular weight is 256 g/mol. The largest absolute Gasteiger partial charge is 0.395 e. The summed E-state index contributed by atoms with van der Waals surface area (Å²) in [5, 5.41) is 10.7. The second-order valence-corrected chi connectivity index (χ2v) is 5.39. The number of aryl methyl sites for hydroxylation is 1. The van der Waals surface area contributed by atoms with Crippen molar-refractivity contribution < 1.29 is 5.11 Å². The molecule has 3 nitrogen and oxygen atoms in total. The van der Waals surface area contributed by atoms with Gasteiger partial charge in [0.2, 0.25) is 0 Å². The summed E-state index contributed by atoms with van der Waals surface area (Å²) in [4.78, 5) is 6.97. The molecule has 0 radical (unpaired) electrons. The Hall–Kier alpha value is -1.45. The van der Waals surface area contributed by atoms with E-state index in [0.717, 1.165) is 30.7 Å². The zero-order valence-corrected chi connectivity index (χ0v) is 11.3. The van der Waals surface area contributed by atoms with Gasteiger partial charge in [0.25, 0.3) is 0 Å². The van der Waals surface area contributed by atoms with Gasteiger partial charge in [-0.05, 0) is 44.0 Å². The molecule has 1 fully saturated rings. The number of hydrogen-bond donors (Lipinski definition) is 1. The van der Waals surface area contributed by atoms with Gasteiger partial charge in [-0.3, -0.25) is 9.88 Å². The van der Waals surface area contributed by atoms with Crippen molar-refractivity contribution in [3.05, 3.63) is 41.6 Å². The molecule has 0 bridgehead atoms. The Morgan fingerprint density at radius 1 is 1.37 bits per heavy atom. The maximum atomic E-state index is 9.43. The summed E-state index contributed by atoms with van der Waals surface area (Å²) >= 11 is 0.